The molecular formula is C9H13NO3S2. The van der Waals surface area contributed by atoms with Crippen LogP contribution in [0.2, 0.25) is 0 Å². The minimum absolute atomic E-state index is 0.0834. The van der Waals surface area contributed by atoms with Crippen molar-refractivity contribution in [3.8, 4) is 0 Å². The Morgan fingerprint density at radius 2 is 1.80 bits per heavy atom. The fourth-order valence-electron chi connectivity index (χ4n) is 0.968. The van der Waals surface area contributed by atoms with E-state index in [2.05, 4.69) is 20.8 Å². The molecule has 4 nitrogen and oxygen atoms in total. The lowest BCUT2D eigenvalue weighted by Gasteiger charge is -2.38. The highest BCUT2D eigenvalue weighted by molar-refractivity contribution is 8.38. The number of carbonyl (C=O) groups is 2. The minimum atomic E-state index is -1.25. The number of hydrogen-bond acceptors (Lipinski definition) is 4. The van der Waals surface area contributed by atoms with Gasteiger partial charge in [0, 0.05) is 0 Å². The molecule has 15 heavy (non-hydrogen) atoms. The average Bonchev–Trinajstić information content (AvgIpc) is 1.90. The number of carboxylic acids is 1. The molecular weight excluding hydrogens is 234 g/mol. The number of nitrogens with two attached hydrogens (primary N) is 1. The summed E-state index contributed by atoms with van der Waals surface area (Å²) >= 11 is 2.81. The molecule has 0 bridgehead atoms. The summed E-state index contributed by atoms with van der Waals surface area (Å²) in [6.07, 6.45) is 0. The van der Waals surface area contributed by atoms with Crippen LogP contribution in [-0.2, 0) is 9.59 Å². The van der Waals surface area contributed by atoms with Crippen LogP contribution in [0.3, 0.4) is 0 Å². The maximum atomic E-state index is 10.9. The van der Waals surface area contributed by atoms with Crippen molar-refractivity contribution in [3.63, 3.8) is 0 Å². The normalized spacial score (nSPS) is 20.7. The second-order valence-corrected chi connectivity index (χ2v) is 7.05. The molecule has 0 aromatic carbocycles. The molecule has 0 aromatic heterocycles. The first kappa shape index (κ1) is 12.4. The molecule has 1 rings (SSSR count). The highest BCUT2D eigenvalue weighted by Gasteiger charge is 2.39. The van der Waals surface area contributed by atoms with Crippen LogP contribution in [0, 0.1) is 5.41 Å². The molecule has 0 aromatic rings. The van der Waals surface area contributed by atoms with E-state index >= 15 is 0 Å². The molecule has 0 spiro atoms. The van der Waals surface area contributed by atoms with E-state index in [1.165, 1.54) is 23.5 Å². The summed E-state index contributed by atoms with van der Waals surface area (Å²) in [6.45, 7) is 6.21. The first-order valence-corrected chi connectivity index (χ1v) is 6.10. The Morgan fingerprint density at radius 1 is 1.33 bits per heavy atom. The Balaban J connectivity index is 2.81. The first-order valence-electron chi connectivity index (χ1n) is 4.34. The first-order chi connectivity index (χ1) is 6.73. The van der Waals surface area contributed by atoms with Crippen molar-refractivity contribution in [1.29, 1.82) is 0 Å². The van der Waals surface area contributed by atoms with Crippen molar-refractivity contribution in [3.05, 3.63) is 9.81 Å². The van der Waals surface area contributed by atoms with Crippen LogP contribution in [0.25, 0.3) is 0 Å². The van der Waals surface area contributed by atoms with Gasteiger partial charge in [-0.15, -0.1) is 23.5 Å². The highest BCUT2D eigenvalue weighted by Crippen LogP contribution is 2.58. The topological polar surface area (TPSA) is 80.4 Å². The van der Waals surface area contributed by atoms with Gasteiger partial charge in [0.1, 0.15) is 5.57 Å². The Kier molecular flexibility index (Phi) is 3.40. The number of carboxylic acid groups (broad SMARTS) is 1. The van der Waals surface area contributed by atoms with Crippen LogP contribution in [0.15, 0.2) is 9.81 Å². The molecule has 0 unspecified atom stereocenters. The molecule has 0 saturated carbocycles. The SMILES string of the molecule is CC(C)(C)C1SC(=C(C(N)=O)C(=O)O)S1. The van der Waals surface area contributed by atoms with Gasteiger partial charge in [0.15, 0.2) is 0 Å². The molecule has 1 saturated heterocycles. The number of aliphatic carboxylic acids is 1. The number of thioether (sulfide) groups is 2. The maximum Gasteiger partial charge on any atom is 0.343 e. The smallest absolute Gasteiger partial charge is 0.343 e. The average molecular weight is 247 g/mol. The van der Waals surface area contributed by atoms with Crippen LogP contribution in [-0.4, -0.2) is 21.6 Å². The molecule has 84 valence electrons. The Hall–Kier alpha value is -0.620. The quantitative estimate of drug-likeness (QED) is 0.440. The van der Waals surface area contributed by atoms with Gasteiger partial charge in [-0.2, -0.15) is 0 Å². The summed E-state index contributed by atoms with van der Waals surface area (Å²) in [5.41, 5.74) is 4.80. The van der Waals surface area contributed by atoms with E-state index in [9.17, 15) is 9.59 Å². The summed E-state index contributed by atoms with van der Waals surface area (Å²) in [7, 11) is 0. The fourth-order valence-corrected chi connectivity index (χ4v) is 3.56. The standard InChI is InChI=1S/C9H13NO3S2/c1-9(2,3)8-14-7(15-8)4(5(10)11)6(12)13/h8H,1-3H3,(H2,10,11)(H,12,13). The molecule has 3 N–H and O–H groups in total. The zero-order valence-corrected chi connectivity index (χ0v) is 10.4. The zero-order valence-electron chi connectivity index (χ0n) is 8.73. The van der Waals surface area contributed by atoms with E-state index in [1.807, 2.05) is 0 Å². The Morgan fingerprint density at radius 3 is 2.07 bits per heavy atom. The predicted molar refractivity (Wildman–Crippen MR) is 62.3 cm³/mol. The number of primary amides is 1. The number of hydrogen-bond donors (Lipinski definition) is 2. The van der Waals surface area contributed by atoms with Crippen LogP contribution in [0.1, 0.15) is 20.8 Å². The molecule has 1 aliphatic rings. The summed E-state index contributed by atoms with van der Waals surface area (Å²) in [4.78, 5) is 21.6. The highest BCUT2D eigenvalue weighted by atomic mass is 32.3. The maximum absolute atomic E-state index is 10.9. The lowest BCUT2D eigenvalue weighted by Crippen LogP contribution is -2.29. The van der Waals surface area contributed by atoms with Gasteiger partial charge in [-0.3, -0.25) is 4.79 Å². The van der Waals surface area contributed by atoms with Crippen LogP contribution in [0.5, 0.6) is 0 Å². The lowest BCUT2D eigenvalue weighted by atomic mass is 10.00. The number of carbonyl (C=O) groups excluding carboxylic acids is 1. The van der Waals surface area contributed by atoms with Crippen molar-refractivity contribution in [1.82, 2.24) is 0 Å². The molecule has 1 amide bonds. The molecule has 0 radical (unpaired) electrons. The molecule has 0 atom stereocenters. The van der Waals surface area contributed by atoms with Gasteiger partial charge in [0.25, 0.3) is 5.91 Å². The molecule has 6 heteroatoms. The van der Waals surface area contributed by atoms with E-state index < -0.39 is 11.9 Å². The van der Waals surface area contributed by atoms with E-state index in [0.717, 1.165) is 0 Å². The van der Waals surface area contributed by atoms with E-state index in [4.69, 9.17) is 10.8 Å². The van der Waals surface area contributed by atoms with Gasteiger partial charge in [0.2, 0.25) is 0 Å². The van der Waals surface area contributed by atoms with E-state index in [0.29, 0.717) is 4.24 Å². The second kappa shape index (κ2) is 4.09. The summed E-state index contributed by atoms with van der Waals surface area (Å²) in [5.74, 6) is -2.12. The van der Waals surface area contributed by atoms with Crippen LogP contribution in [0.4, 0.5) is 0 Å². The van der Waals surface area contributed by atoms with Gasteiger partial charge in [-0.25, -0.2) is 4.79 Å². The monoisotopic (exact) mass is 247 g/mol. The van der Waals surface area contributed by atoms with Crippen molar-refractivity contribution in [2.45, 2.75) is 25.4 Å². The molecule has 1 fully saturated rings. The Labute approximate surface area is 96.7 Å². The van der Waals surface area contributed by atoms with E-state index in [1.54, 1.807) is 0 Å². The number of rotatable bonds is 2. The van der Waals surface area contributed by atoms with Gasteiger partial charge >= 0.3 is 5.97 Å². The van der Waals surface area contributed by atoms with Gasteiger partial charge in [-0.1, -0.05) is 20.8 Å². The van der Waals surface area contributed by atoms with E-state index in [-0.39, 0.29) is 15.6 Å². The lowest BCUT2D eigenvalue weighted by molar-refractivity contribution is -0.134. The van der Waals surface area contributed by atoms with Gasteiger partial charge < -0.3 is 10.8 Å². The number of amides is 1. The summed E-state index contributed by atoms with van der Waals surface area (Å²) in [6, 6.07) is 0. The van der Waals surface area contributed by atoms with Crippen molar-refractivity contribution < 1.29 is 14.7 Å². The summed E-state index contributed by atoms with van der Waals surface area (Å²) < 4.78 is 0.802. The van der Waals surface area contributed by atoms with Crippen LogP contribution >= 0.6 is 23.5 Å². The van der Waals surface area contributed by atoms with Gasteiger partial charge in [-0.05, 0) is 5.41 Å². The van der Waals surface area contributed by atoms with Crippen molar-refractivity contribution in [2.75, 3.05) is 0 Å². The van der Waals surface area contributed by atoms with Crippen molar-refractivity contribution >= 4 is 35.4 Å². The second-order valence-electron chi connectivity index (χ2n) is 4.27. The largest absolute Gasteiger partial charge is 0.477 e. The van der Waals surface area contributed by atoms with Gasteiger partial charge in [0.05, 0.1) is 8.82 Å². The Bertz CT molecular complexity index is 320. The third-order valence-corrected chi connectivity index (χ3v) is 5.63. The third kappa shape index (κ3) is 2.69. The minimum Gasteiger partial charge on any atom is -0.477 e. The van der Waals surface area contributed by atoms with Crippen LogP contribution < -0.4 is 5.73 Å². The molecule has 1 aliphatic heterocycles. The fraction of sp³-hybridized carbons (Fsp3) is 0.556. The molecule has 1 heterocycles. The third-order valence-electron chi connectivity index (χ3n) is 1.80. The predicted octanol–water partition coefficient (Wildman–Crippen LogP) is 1.62. The summed E-state index contributed by atoms with van der Waals surface area (Å²) in [5, 5.41) is 8.78. The zero-order chi connectivity index (χ0) is 11.8. The van der Waals surface area contributed by atoms with Crippen molar-refractivity contribution in [2.24, 2.45) is 11.1 Å². The molecule has 0 aliphatic carbocycles.